The Bertz CT molecular complexity index is 2490. The molecule has 3 heterocycles. The number of nitrogens with one attached hydrogen (secondary N) is 4. The predicted octanol–water partition coefficient (Wildman–Crippen LogP) is -0.0253. The normalized spacial score (nSPS) is 13.8. The summed E-state index contributed by atoms with van der Waals surface area (Å²) in [6.07, 6.45) is 1.14. The number of nitrogens with zero attached hydrogens (tertiary/aromatic N) is 5. The average molecular weight is 668 g/mol. The summed E-state index contributed by atoms with van der Waals surface area (Å²) in [5.41, 5.74) is 10.2. The van der Waals surface area contributed by atoms with Gasteiger partial charge in [-0.1, -0.05) is 28.6 Å². The molecule has 7 rings (SSSR count). The van der Waals surface area contributed by atoms with Crippen molar-refractivity contribution in [3.63, 3.8) is 0 Å². The number of H-pyrrole nitrogens is 1. The van der Waals surface area contributed by atoms with Crippen LogP contribution in [-0.2, 0) is 13.0 Å². The average Bonchev–Trinajstić information content (AvgIpc) is 3.84. The molecule has 3 aromatic heterocycles. The Kier molecular flexibility index (Phi) is 7.26. The number of benzene rings is 2. The molecule has 0 unspecified atom stereocenters. The van der Waals surface area contributed by atoms with Crippen molar-refractivity contribution >= 4 is 40.4 Å². The molecule has 19 heteroatoms. The summed E-state index contributed by atoms with van der Waals surface area (Å²) in [6.45, 7) is -0.160. The zero-order valence-electron chi connectivity index (χ0n) is 24.9. The van der Waals surface area contributed by atoms with Crippen LogP contribution < -0.4 is 44.0 Å². The number of fused-ring (bicyclic) bond motifs is 2. The summed E-state index contributed by atoms with van der Waals surface area (Å²) < 4.78 is 20.0. The SMILES string of the molecule is NC(=O)c1nnn2c(C(=O)N[C@H]3CCc4cc(-c5noc(=O)[nH]5)ccc43)cc(C(=O)NCc3ccc(F)c(Nc4c(N)c(=O)c4=O)c3)nc12. The van der Waals surface area contributed by atoms with Gasteiger partial charge in [-0.15, -0.1) is 5.10 Å². The Morgan fingerprint density at radius 1 is 1.06 bits per heavy atom. The number of nitrogens with two attached hydrogens (primary N) is 2. The first kappa shape index (κ1) is 30.6. The van der Waals surface area contributed by atoms with Crippen molar-refractivity contribution in [3.05, 3.63) is 113 Å². The number of aromatic nitrogens is 6. The molecule has 0 saturated heterocycles. The number of anilines is 3. The lowest BCUT2D eigenvalue weighted by Crippen LogP contribution is -2.36. The molecule has 0 bridgehead atoms. The van der Waals surface area contributed by atoms with E-state index in [1.807, 2.05) is 6.07 Å². The fourth-order valence-electron chi connectivity index (χ4n) is 5.53. The van der Waals surface area contributed by atoms with Gasteiger partial charge >= 0.3 is 5.76 Å². The standard InChI is InChI=1S/C30H22FN11O7/c31-15-5-1-11(7-17(15)35-21-20(32)23(43)24(21)44)10-34-28(46)18-9-19(42-27(36-18)22(25(33)45)39-41-42)29(47)37-16-6-3-12-8-13(2-4-14(12)16)26-38-30(48)49-40-26/h1-2,4-5,7-9,16,35H,3,6,10,32H2,(H2,33,45)(H,34,46)(H,37,47)(H,38,40,48)/t16-/m0/s1. The van der Waals surface area contributed by atoms with E-state index < -0.39 is 46.2 Å². The molecule has 18 nitrogen and oxygen atoms in total. The number of rotatable bonds is 9. The minimum atomic E-state index is -0.992. The highest BCUT2D eigenvalue weighted by Gasteiger charge is 2.28. The van der Waals surface area contributed by atoms with Gasteiger partial charge in [-0.25, -0.2) is 14.2 Å². The van der Waals surface area contributed by atoms with Gasteiger partial charge in [0.25, 0.3) is 28.6 Å². The van der Waals surface area contributed by atoms with E-state index >= 15 is 0 Å². The van der Waals surface area contributed by atoms with Gasteiger partial charge in [0.2, 0.25) is 0 Å². The third-order valence-corrected chi connectivity index (χ3v) is 8.00. The number of carbonyl (C=O) groups is 3. The molecule has 0 saturated carbocycles. The summed E-state index contributed by atoms with van der Waals surface area (Å²) in [5, 5.41) is 19.3. The van der Waals surface area contributed by atoms with E-state index in [4.69, 9.17) is 11.5 Å². The summed E-state index contributed by atoms with van der Waals surface area (Å²) >= 11 is 0. The minimum absolute atomic E-state index is 0.154. The molecule has 0 spiro atoms. The molecular formula is C30H22FN11O7. The second-order valence-corrected chi connectivity index (χ2v) is 11.1. The number of amides is 3. The van der Waals surface area contributed by atoms with Crippen LogP contribution in [0.15, 0.2) is 61.4 Å². The highest BCUT2D eigenvalue weighted by atomic mass is 19.1. The van der Waals surface area contributed by atoms with Gasteiger partial charge in [0.1, 0.15) is 28.6 Å². The molecule has 1 aliphatic carbocycles. The van der Waals surface area contributed by atoms with Gasteiger partial charge in [0, 0.05) is 18.2 Å². The molecule has 49 heavy (non-hydrogen) atoms. The molecule has 3 aromatic carbocycles. The quantitative estimate of drug-likeness (QED) is 0.111. The van der Waals surface area contributed by atoms with Crippen molar-refractivity contribution in [2.45, 2.75) is 25.4 Å². The van der Waals surface area contributed by atoms with Crippen molar-refractivity contribution in [2.75, 3.05) is 11.1 Å². The second kappa shape index (κ2) is 11.6. The van der Waals surface area contributed by atoms with Crippen LogP contribution in [0.3, 0.4) is 0 Å². The lowest BCUT2D eigenvalue weighted by Gasteiger charge is -2.15. The Balaban J connectivity index is 1.12. The van der Waals surface area contributed by atoms with Crippen LogP contribution in [0.1, 0.15) is 60.6 Å². The van der Waals surface area contributed by atoms with Crippen LogP contribution in [0.5, 0.6) is 0 Å². The summed E-state index contributed by atoms with van der Waals surface area (Å²) in [7, 11) is 0. The maximum atomic E-state index is 14.4. The summed E-state index contributed by atoms with van der Waals surface area (Å²) in [4.78, 5) is 80.2. The number of aryl methyl sites for hydroxylation is 1. The molecule has 246 valence electrons. The first-order valence-corrected chi connectivity index (χ1v) is 14.5. The van der Waals surface area contributed by atoms with Crippen LogP contribution in [0.4, 0.5) is 21.5 Å². The van der Waals surface area contributed by atoms with Gasteiger partial charge in [-0.05, 0) is 47.7 Å². The van der Waals surface area contributed by atoms with Gasteiger partial charge in [-0.2, -0.15) is 4.52 Å². The summed E-state index contributed by atoms with van der Waals surface area (Å²) in [6, 6.07) is 9.86. The first-order chi connectivity index (χ1) is 23.5. The first-order valence-electron chi connectivity index (χ1n) is 14.5. The van der Waals surface area contributed by atoms with Gasteiger partial charge in [0.15, 0.2) is 17.2 Å². The van der Waals surface area contributed by atoms with Crippen LogP contribution in [0.25, 0.3) is 17.0 Å². The Morgan fingerprint density at radius 2 is 1.88 bits per heavy atom. The van der Waals surface area contributed by atoms with E-state index in [0.29, 0.717) is 24.0 Å². The zero-order chi connectivity index (χ0) is 34.6. The topological polar surface area (TPSA) is 275 Å². The molecule has 0 radical (unpaired) electrons. The van der Waals surface area contributed by atoms with Crippen LogP contribution in [0.2, 0.25) is 0 Å². The van der Waals surface area contributed by atoms with Crippen molar-refractivity contribution in [2.24, 2.45) is 5.73 Å². The maximum Gasteiger partial charge on any atom is 0.439 e. The zero-order valence-corrected chi connectivity index (χ0v) is 24.9. The molecule has 6 aromatic rings. The van der Waals surface area contributed by atoms with E-state index in [2.05, 4.69) is 45.9 Å². The molecule has 0 aliphatic heterocycles. The van der Waals surface area contributed by atoms with Crippen molar-refractivity contribution in [1.82, 2.24) is 40.6 Å². The molecule has 1 aliphatic rings. The monoisotopic (exact) mass is 667 g/mol. The van der Waals surface area contributed by atoms with E-state index in [-0.39, 0.29) is 52.2 Å². The molecule has 8 N–H and O–H groups in total. The van der Waals surface area contributed by atoms with Crippen LogP contribution in [-0.4, -0.2) is 47.7 Å². The second-order valence-electron chi connectivity index (χ2n) is 11.1. The van der Waals surface area contributed by atoms with Crippen LogP contribution >= 0.6 is 0 Å². The highest BCUT2D eigenvalue weighted by molar-refractivity contribution is 6.01. The van der Waals surface area contributed by atoms with Gasteiger partial charge in [-0.3, -0.25) is 33.5 Å². The highest BCUT2D eigenvalue weighted by Crippen LogP contribution is 2.34. The number of halogens is 1. The van der Waals surface area contributed by atoms with E-state index in [1.165, 1.54) is 18.2 Å². The lowest BCUT2D eigenvalue weighted by atomic mass is 10.0. The predicted molar refractivity (Wildman–Crippen MR) is 167 cm³/mol. The number of aromatic amines is 1. The van der Waals surface area contributed by atoms with Crippen molar-refractivity contribution in [3.8, 4) is 11.4 Å². The smallest absolute Gasteiger partial charge is 0.394 e. The number of primary amides is 1. The fraction of sp³-hybridized carbons (Fsp3) is 0.133. The lowest BCUT2D eigenvalue weighted by molar-refractivity contribution is 0.0927. The molecule has 3 amide bonds. The van der Waals surface area contributed by atoms with Crippen LogP contribution in [0, 0.1) is 5.82 Å². The Hall–Kier alpha value is -7.05. The van der Waals surface area contributed by atoms with E-state index in [0.717, 1.165) is 21.7 Å². The molecule has 1 atom stereocenters. The third-order valence-electron chi connectivity index (χ3n) is 8.00. The largest absolute Gasteiger partial charge is 0.439 e. The molecule has 0 fully saturated rings. The van der Waals surface area contributed by atoms with Gasteiger partial charge < -0.3 is 27.4 Å². The fourth-order valence-corrected chi connectivity index (χ4v) is 5.53. The number of hydrogen-bond donors (Lipinski definition) is 6. The van der Waals surface area contributed by atoms with Crippen molar-refractivity contribution in [1.29, 1.82) is 0 Å². The molecular weight excluding hydrogens is 645 g/mol. The Labute approximate surface area is 271 Å². The third kappa shape index (κ3) is 5.43. The van der Waals surface area contributed by atoms with Crippen molar-refractivity contribution < 1.29 is 23.3 Å². The van der Waals surface area contributed by atoms with E-state index in [9.17, 15) is 33.2 Å². The summed E-state index contributed by atoms with van der Waals surface area (Å²) in [5.74, 6) is -3.58. The van der Waals surface area contributed by atoms with E-state index in [1.54, 1.807) is 12.1 Å². The number of nitrogen functional groups attached to an aromatic ring is 1. The Morgan fingerprint density at radius 3 is 2.61 bits per heavy atom. The minimum Gasteiger partial charge on any atom is -0.394 e. The number of hydrogen-bond acceptors (Lipinski definition) is 13. The number of carbonyl (C=O) groups excluding carboxylic acids is 3. The maximum absolute atomic E-state index is 14.4. The van der Waals surface area contributed by atoms with Gasteiger partial charge in [0.05, 0.1) is 11.7 Å².